The number of carbonyl (C=O) groups excluding carboxylic acids is 1. The van der Waals surface area contributed by atoms with Crippen LogP contribution in [0.2, 0.25) is 28.2 Å². The molecule has 0 unspecified atom stereocenters. The Morgan fingerprint density at radius 2 is 1.59 bits per heavy atom. The molecular weight excluding hydrogens is 460 g/mol. The normalized spacial score (nSPS) is 30.0. The maximum absolute atomic E-state index is 11.7. The van der Waals surface area contributed by atoms with Gasteiger partial charge in [-0.15, -0.1) is 0 Å². The molecule has 0 aromatic rings. The standard InChI is InChI=1S/C24H47ClO5Si2/c1-11-31(12-2,13-3)29-19-15-18-20(28-22(19)17(4)14-21(25)26)16-27-32(30-18,23(5,6)7)24(8,9)10/h17-20,22H,11-16H2,1-10H3/t17-,18+,19-,20+,22-/m0/s1. The van der Waals surface area contributed by atoms with Crippen molar-refractivity contribution in [1.29, 1.82) is 0 Å². The van der Waals surface area contributed by atoms with Crippen LogP contribution in [0.25, 0.3) is 0 Å². The number of halogens is 1. The number of hydrogen-bond acceptors (Lipinski definition) is 5. The fourth-order valence-electron chi connectivity index (χ4n) is 5.83. The second kappa shape index (κ2) is 10.5. The van der Waals surface area contributed by atoms with E-state index in [-0.39, 0.29) is 52.1 Å². The summed E-state index contributed by atoms with van der Waals surface area (Å²) in [5, 5.41) is -0.470. The average Bonchev–Trinajstić information content (AvgIpc) is 2.68. The molecule has 5 nitrogen and oxygen atoms in total. The lowest BCUT2D eigenvalue weighted by molar-refractivity contribution is -0.207. The SMILES string of the molecule is CC[Si](CC)(CC)O[C@H]1C[C@H]2O[Si](C(C)(C)C)(C(C)(C)C)OC[C@H]2O[C@H]1[C@@H](C)CC(=O)Cl. The largest absolute Gasteiger partial charge is 0.411 e. The zero-order valence-corrected chi connectivity index (χ0v) is 24.8. The van der Waals surface area contributed by atoms with Gasteiger partial charge < -0.3 is 18.0 Å². The average molecular weight is 507 g/mol. The highest BCUT2D eigenvalue weighted by Gasteiger charge is 2.63. The van der Waals surface area contributed by atoms with Gasteiger partial charge in [0.05, 0.1) is 24.9 Å². The van der Waals surface area contributed by atoms with Crippen molar-refractivity contribution in [3.63, 3.8) is 0 Å². The van der Waals surface area contributed by atoms with Crippen LogP contribution in [0.1, 0.15) is 82.1 Å². The summed E-state index contributed by atoms with van der Waals surface area (Å²) in [6.07, 6.45) is 0.618. The van der Waals surface area contributed by atoms with Gasteiger partial charge in [-0.05, 0) is 35.7 Å². The predicted octanol–water partition coefficient (Wildman–Crippen LogP) is 6.78. The van der Waals surface area contributed by atoms with Crippen molar-refractivity contribution in [2.45, 2.75) is 135 Å². The zero-order valence-electron chi connectivity index (χ0n) is 22.0. The first-order valence-electron chi connectivity index (χ1n) is 12.5. The Morgan fingerprint density at radius 1 is 1.06 bits per heavy atom. The van der Waals surface area contributed by atoms with Crippen molar-refractivity contribution in [3.8, 4) is 0 Å². The maximum atomic E-state index is 11.7. The lowest BCUT2D eigenvalue weighted by Gasteiger charge is -2.57. The highest BCUT2D eigenvalue weighted by atomic mass is 35.5. The van der Waals surface area contributed by atoms with E-state index >= 15 is 0 Å². The Bertz CT molecular complexity index is 619. The summed E-state index contributed by atoms with van der Waals surface area (Å²) in [4.78, 5) is 11.7. The van der Waals surface area contributed by atoms with E-state index in [2.05, 4.69) is 62.3 Å². The monoisotopic (exact) mass is 506 g/mol. The van der Waals surface area contributed by atoms with E-state index in [1.807, 2.05) is 6.92 Å². The van der Waals surface area contributed by atoms with E-state index in [1.165, 1.54) is 0 Å². The minimum Gasteiger partial charge on any atom is -0.411 e. The minimum atomic E-state index is -2.58. The molecule has 0 amide bonds. The molecule has 0 spiro atoms. The van der Waals surface area contributed by atoms with E-state index in [4.69, 9.17) is 29.6 Å². The molecule has 2 heterocycles. The number of fused-ring (bicyclic) bond motifs is 1. The molecule has 0 radical (unpaired) electrons. The highest BCUT2D eigenvalue weighted by molar-refractivity contribution is 6.74. The molecular formula is C24H47ClO5Si2. The maximum Gasteiger partial charge on any atom is 0.349 e. The summed E-state index contributed by atoms with van der Waals surface area (Å²) in [5.41, 5.74) is 0. The minimum absolute atomic E-state index is 0.0163. The lowest BCUT2D eigenvalue weighted by atomic mass is 9.89. The summed E-state index contributed by atoms with van der Waals surface area (Å²) >= 11 is 5.76. The topological polar surface area (TPSA) is 54.0 Å². The number of rotatable bonds is 8. The molecule has 0 bridgehead atoms. The number of ether oxygens (including phenoxy) is 1. The van der Waals surface area contributed by atoms with Gasteiger partial charge in [-0.3, -0.25) is 4.79 Å². The Hall–Kier alpha value is 0.234. The first-order valence-corrected chi connectivity index (χ1v) is 17.2. The highest BCUT2D eigenvalue weighted by Crippen LogP contribution is 2.55. The molecule has 0 aromatic heterocycles. The fourth-order valence-corrected chi connectivity index (χ4v) is 13.9. The van der Waals surface area contributed by atoms with Gasteiger partial charge in [0.25, 0.3) is 0 Å². The van der Waals surface area contributed by atoms with Gasteiger partial charge in [-0.1, -0.05) is 69.2 Å². The fraction of sp³-hybridized carbons (Fsp3) is 0.958. The first-order chi connectivity index (χ1) is 14.6. The van der Waals surface area contributed by atoms with Crippen LogP contribution in [0.4, 0.5) is 0 Å². The molecule has 2 rings (SSSR count). The summed E-state index contributed by atoms with van der Waals surface area (Å²) in [6.45, 7) is 22.7. The second-order valence-electron chi connectivity index (χ2n) is 11.9. The van der Waals surface area contributed by atoms with E-state index in [0.717, 1.165) is 24.6 Å². The van der Waals surface area contributed by atoms with E-state index in [0.29, 0.717) is 6.61 Å². The number of hydrogen-bond donors (Lipinski definition) is 0. The third-order valence-corrected chi connectivity index (χ3v) is 17.7. The summed E-state index contributed by atoms with van der Waals surface area (Å²) in [7, 11) is -4.45. The van der Waals surface area contributed by atoms with Crippen LogP contribution in [-0.4, -0.2) is 53.1 Å². The lowest BCUT2D eigenvalue weighted by Crippen LogP contribution is -2.68. The molecule has 0 aliphatic carbocycles. The molecule has 188 valence electrons. The van der Waals surface area contributed by atoms with Gasteiger partial charge >= 0.3 is 8.56 Å². The van der Waals surface area contributed by atoms with E-state index in [9.17, 15) is 4.79 Å². The smallest absolute Gasteiger partial charge is 0.349 e. The Kier molecular flexibility index (Phi) is 9.31. The van der Waals surface area contributed by atoms with Crippen LogP contribution in [0, 0.1) is 5.92 Å². The molecule has 2 aliphatic heterocycles. The molecule has 32 heavy (non-hydrogen) atoms. The van der Waals surface area contributed by atoms with E-state index < -0.39 is 16.9 Å². The first kappa shape index (κ1) is 28.5. The van der Waals surface area contributed by atoms with Crippen molar-refractivity contribution in [1.82, 2.24) is 0 Å². The van der Waals surface area contributed by atoms with Crippen LogP contribution in [0.3, 0.4) is 0 Å². The Balaban J connectivity index is 2.37. The molecule has 2 saturated heterocycles. The van der Waals surface area contributed by atoms with Crippen LogP contribution < -0.4 is 0 Å². The van der Waals surface area contributed by atoms with Gasteiger partial charge in [0.15, 0.2) is 8.32 Å². The van der Waals surface area contributed by atoms with Crippen molar-refractivity contribution in [2.75, 3.05) is 6.61 Å². The van der Waals surface area contributed by atoms with Gasteiger partial charge in [-0.25, -0.2) is 0 Å². The molecule has 0 aromatic carbocycles. The van der Waals surface area contributed by atoms with Crippen LogP contribution >= 0.6 is 11.6 Å². The van der Waals surface area contributed by atoms with Gasteiger partial charge in [-0.2, -0.15) is 0 Å². The molecule has 2 aliphatic rings. The van der Waals surface area contributed by atoms with Crippen molar-refractivity contribution in [3.05, 3.63) is 0 Å². The van der Waals surface area contributed by atoms with Gasteiger partial charge in [0.2, 0.25) is 5.24 Å². The molecule has 0 N–H and O–H groups in total. The Labute approximate surface area is 203 Å². The quantitative estimate of drug-likeness (QED) is 0.268. The van der Waals surface area contributed by atoms with Crippen LogP contribution in [0.5, 0.6) is 0 Å². The van der Waals surface area contributed by atoms with Crippen LogP contribution in [0.15, 0.2) is 0 Å². The molecule has 2 fully saturated rings. The van der Waals surface area contributed by atoms with Crippen molar-refractivity contribution >= 4 is 33.7 Å². The molecule has 5 atom stereocenters. The number of carbonyl (C=O) groups is 1. The van der Waals surface area contributed by atoms with Crippen molar-refractivity contribution < 1.29 is 22.8 Å². The third kappa shape index (κ3) is 5.72. The summed E-state index contributed by atoms with van der Waals surface area (Å²) < 4.78 is 27.2. The summed E-state index contributed by atoms with van der Waals surface area (Å²) in [6, 6.07) is 3.23. The van der Waals surface area contributed by atoms with Crippen LogP contribution in [-0.2, 0) is 22.8 Å². The Morgan fingerprint density at radius 3 is 2.03 bits per heavy atom. The zero-order chi connectivity index (χ0) is 24.5. The van der Waals surface area contributed by atoms with Crippen molar-refractivity contribution in [2.24, 2.45) is 5.92 Å². The second-order valence-corrected chi connectivity index (χ2v) is 21.8. The third-order valence-electron chi connectivity index (χ3n) is 7.70. The summed E-state index contributed by atoms with van der Waals surface area (Å²) in [5.74, 6) is -0.0163. The molecule has 0 saturated carbocycles. The van der Waals surface area contributed by atoms with E-state index in [1.54, 1.807) is 0 Å². The molecule has 8 heteroatoms. The predicted molar refractivity (Wildman–Crippen MR) is 136 cm³/mol. The van der Waals surface area contributed by atoms with Gasteiger partial charge in [0.1, 0.15) is 6.10 Å². The van der Waals surface area contributed by atoms with Gasteiger partial charge in [0, 0.05) is 22.9 Å².